The van der Waals surface area contributed by atoms with Crippen LogP contribution in [0, 0.1) is 5.82 Å². The summed E-state index contributed by atoms with van der Waals surface area (Å²) in [6, 6.07) is 8.05. The first-order valence-electron chi connectivity index (χ1n) is 51.9. The Kier molecular flexibility index (Phi) is 38.3. The smallest absolute Gasteiger partial charge is 0.260 e. The molecule has 147 heavy (non-hydrogen) atoms. The third kappa shape index (κ3) is 31.1. The van der Waals surface area contributed by atoms with Crippen molar-refractivity contribution in [3.63, 3.8) is 0 Å². The Morgan fingerprint density at radius 2 is 0.633 bits per heavy atom. The third-order valence-electron chi connectivity index (χ3n) is 31.1. The van der Waals surface area contributed by atoms with Crippen LogP contribution in [0.1, 0.15) is 250 Å². The number of amides is 5. The minimum absolute atomic E-state index is 0.0330. The average Bonchev–Trinajstić information content (AvgIpc) is 1.81. The lowest BCUT2D eigenvalue weighted by Gasteiger charge is -2.42. The molecule has 6 unspecified atom stereocenters. The molecule has 11 atom stereocenters. The molecule has 0 radical (unpaired) electrons. The van der Waals surface area contributed by atoms with E-state index in [0.717, 1.165) is 224 Å². The van der Waals surface area contributed by atoms with Crippen molar-refractivity contribution in [2.45, 2.75) is 313 Å². The molecular formula is C99H143BrFN17O24S5. The van der Waals surface area contributed by atoms with Gasteiger partial charge in [-0.3, -0.25) is 28.2 Å². The number of nitrogens with zero attached hydrogens (tertiary/aromatic N) is 12. The predicted molar refractivity (Wildman–Crippen MR) is 546 cm³/mol. The zero-order valence-electron chi connectivity index (χ0n) is 84.4. The van der Waals surface area contributed by atoms with Gasteiger partial charge in [-0.2, -0.15) is 10.2 Å². The van der Waals surface area contributed by atoms with E-state index in [1.165, 1.54) is 12.4 Å². The van der Waals surface area contributed by atoms with Crippen molar-refractivity contribution in [2.24, 2.45) is 0 Å². The predicted octanol–water partition coefficient (Wildman–Crippen LogP) is 7.12. The van der Waals surface area contributed by atoms with Crippen molar-refractivity contribution in [3.8, 4) is 29.3 Å². The number of carbonyl (C=O) groups is 5. The number of carbonyl (C=O) groups excluding carboxylic acids is 5. The molecule has 812 valence electrons. The van der Waals surface area contributed by atoms with Gasteiger partial charge in [-0.05, 0) is 270 Å². The summed E-state index contributed by atoms with van der Waals surface area (Å²) in [5, 5.41) is 16.1. The van der Waals surface area contributed by atoms with Crippen LogP contribution in [0.2, 0.25) is 0 Å². The monoisotopic (exact) mass is 2210 g/mol. The van der Waals surface area contributed by atoms with Crippen molar-refractivity contribution in [3.05, 3.63) is 106 Å². The van der Waals surface area contributed by atoms with Gasteiger partial charge in [-0.15, -0.1) is 10.2 Å². The highest BCUT2D eigenvalue weighted by Gasteiger charge is 2.46. The van der Waals surface area contributed by atoms with E-state index >= 15 is 0 Å². The molecule has 4 aromatic heterocycles. The maximum absolute atomic E-state index is 13.8. The highest BCUT2D eigenvalue weighted by atomic mass is 79.9. The number of piperidine rings is 5. The van der Waals surface area contributed by atoms with Gasteiger partial charge in [0.2, 0.25) is 63.6 Å². The van der Waals surface area contributed by atoms with Crippen LogP contribution in [0.5, 0.6) is 29.3 Å². The first-order valence-corrected chi connectivity index (χ1v) is 62.4. The van der Waals surface area contributed by atoms with Gasteiger partial charge in [-0.1, -0.05) is 15.9 Å². The van der Waals surface area contributed by atoms with Gasteiger partial charge < -0.3 is 71.9 Å². The Labute approximate surface area is 870 Å². The fraction of sp³-hybridized carbons (Fsp3) is 0.707. The molecule has 48 heteroatoms. The molecule has 5 aliphatic carbocycles. The molecule has 19 heterocycles. The van der Waals surface area contributed by atoms with Gasteiger partial charge in [0, 0.05) is 112 Å². The first-order chi connectivity index (χ1) is 70.3. The van der Waals surface area contributed by atoms with Gasteiger partial charge in [0.15, 0.2) is 33.0 Å². The summed E-state index contributed by atoms with van der Waals surface area (Å²) in [5.41, 5.74) is 4.82. The number of benzene rings is 1. The second-order valence-electron chi connectivity index (χ2n) is 41.8. The zero-order valence-corrected chi connectivity index (χ0v) is 90.1. The molecule has 41 nitrogen and oxygen atoms in total. The minimum Gasteiger partial charge on any atom is -0.483 e. The molecule has 25 rings (SSSR count). The summed E-state index contributed by atoms with van der Waals surface area (Å²) < 4.78 is 196. The number of hydrogen-bond acceptors (Lipinski definition) is 31. The van der Waals surface area contributed by atoms with Crippen molar-refractivity contribution in [1.82, 2.24) is 83.5 Å². The fourth-order valence-electron chi connectivity index (χ4n) is 24.0. The largest absolute Gasteiger partial charge is 0.483 e. The fourth-order valence-corrected chi connectivity index (χ4v) is 28.6. The van der Waals surface area contributed by atoms with Gasteiger partial charge in [0.25, 0.3) is 29.5 Å². The molecule has 5 saturated heterocycles. The van der Waals surface area contributed by atoms with Crippen LogP contribution in [-0.4, -0.2) is 354 Å². The van der Waals surface area contributed by atoms with E-state index in [2.05, 4.69) is 86.8 Å². The highest BCUT2D eigenvalue weighted by Crippen LogP contribution is 2.46. The van der Waals surface area contributed by atoms with Crippen LogP contribution in [0.25, 0.3) is 0 Å². The number of rotatable bonds is 10. The van der Waals surface area contributed by atoms with Gasteiger partial charge in [0.05, 0.1) is 137 Å². The minimum atomic E-state index is -3.42. The summed E-state index contributed by atoms with van der Waals surface area (Å²) in [7, 11) is -16.0. The second kappa shape index (κ2) is 50.6. The van der Waals surface area contributed by atoms with Crippen molar-refractivity contribution in [1.29, 1.82) is 0 Å². The number of nitrogens with one attached hydrogen (secondary N) is 5. The van der Waals surface area contributed by atoms with Crippen molar-refractivity contribution >= 4 is 101 Å². The van der Waals surface area contributed by atoms with E-state index in [4.69, 9.17) is 47.4 Å². The lowest BCUT2D eigenvalue weighted by atomic mass is 9.82. The van der Waals surface area contributed by atoms with E-state index in [0.29, 0.717) is 144 Å². The lowest BCUT2D eigenvalue weighted by Crippen LogP contribution is -2.59. The topological polar surface area (TPSA) is 498 Å². The van der Waals surface area contributed by atoms with Crippen LogP contribution in [0.15, 0.2) is 72.0 Å². The summed E-state index contributed by atoms with van der Waals surface area (Å²) in [6.07, 6.45) is 40.2. The molecule has 20 aliphatic rings. The van der Waals surface area contributed by atoms with Gasteiger partial charge >= 0.3 is 0 Å². The lowest BCUT2D eigenvalue weighted by molar-refractivity contribution is -0.141. The first kappa shape index (κ1) is 111. The zero-order chi connectivity index (χ0) is 104. The van der Waals surface area contributed by atoms with Crippen LogP contribution in [0.3, 0.4) is 0 Å². The maximum Gasteiger partial charge on any atom is 0.260 e. The van der Waals surface area contributed by atoms with E-state index < -0.39 is 67.7 Å². The summed E-state index contributed by atoms with van der Waals surface area (Å²) in [5.74, 6) is 6.30. The Morgan fingerprint density at radius 1 is 0.340 bits per heavy atom. The number of fused-ring (bicyclic) bond motifs is 25. The Hall–Kier alpha value is -8.21. The number of aromatic nitrogens is 7. The summed E-state index contributed by atoms with van der Waals surface area (Å²) in [6.45, 7) is 3.86. The molecule has 10 fully saturated rings. The molecule has 15 aliphatic heterocycles. The SMILES string of the molecule is C=S(C)(=O)N[C@H]1CCCN2C(=O)COc3ncncc3C3CCC(CC3)OCC12.CS(=O)(=O)N[C@H]1CCCN2C(=O)COc3ccc(Br)cc3C3CCC(CC3)OCC12.CS(=O)(=O)N[C@H]1CCCN2C(=O)COc3ncc(F)cc3C3CCC(CC3)OCC12.CS(=O)(=O)N[C@H]1CCCN2C(=O)COc3nnccc3C3CCC(CC3)OCC12.CS(=O)(=O)N[C@H]1CCCN2C(=O)COc3nnccc3C3CCC(CC3)OCC12. The molecule has 5 amide bonds. The molecule has 5 saturated carbocycles. The molecule has 1 aromatic carbocycles. The molecule has 0 spiro atoms. The number of sulfonamides is 4. The number of hydrogen-bond donors (Lipinski definition) is 5. The van der Waals surface area contributed by atoms with Crippen LogP contribution in [-0.2, 0) is 97.5 Å². The highest BCUT2D eigenvalue weighted by molar-refractivity contribution is 9.10. The number of pyridine rings is 1. The molecular weight excluding hydrogens is 2070 g/mol. The van der Waals surface area contributed by atoms with E-state index in [1.807, 2.05) is 35.4 Å². The molecule has 10 bridgehead atoms. The van der Waals surface area contributed by atoms with E-state index in [-0.39, 0.29) is 154 Å². The Balaban J connectivity index is 0.000000131. The third-order valence-corrected chi connectivity index (χ3v) is 35.3. The quantitative estimate of drug-likeness (QED) is 0.0868. The Bertz CT molecular complexity index is 5470. The summed E-state index contributed by atoms with van der Waals surface area (Å²) >= 11 is 3.56. The maximum atomic E-state index is 13.8. The van der Waals surface area contributed by atoms with Crippen LogP contribution < -0.4 is 47.3 Å². The van der Waals surface area contributed by atoms with E-state index in [9.17, 15) is 66.2 Å². The van der Waals surface area contributed by atoms with Crippen LogP contribution >= 0.6 is 15.9 Å². The standard InChI is InChI=1S/C21H29BrN2O5S.C20H28FN3O5S.C20H30N4O4S.2C19H28N4O5S/c1-30(26,27)23-18-3-2-10-24-19(18)12-28-16-7-4-14(5-8-16)17-11-15(22)6-9-20(17)29-13-21(24)25;1-30(26,27)23-17-3-2-8-24-18(17)11-28-15-6-4-13(5-7-15)16-9-14(21)10-22-20(16)29-12-19(24)25;1-29(2,26)23-17-4-3-9-24-18(17)11-27-15-7-5-14(6-8-15)16-10-21-13-22-20(16)28-12-19(24)25;2*1-29(25,26)22-16-3-2-10-23-17(16)11-27-14-6-4-13(5-7-14)15-8-9-20-21-19(15)28-12-18(23)24/h6,9,11,14,16,18-19,23H,2-5,7-8,10,12-13H2,1H3;9-10,13,15,17-18,23H,2-8,11-12H2,1H3;10,13-15,17-18H,1,3-9,11-12H2,2H3,(H,23,26);2*8-9,13-14,16-17,22H,2-7,10-12H2,1H3/t14?,16?,18-,19?;13?,15?,17-,18?;14?,15?,17-,18?,29?;2*13?,14?,16-,17?/m00000/s1. The Morgan fingerprint density at radius 3 is 0.959 bits per heavy atom. The van der Waals surface area contributed by atoms with Gasteiger partial charge in [-0.25, -0.2) is 76.6 Å². The van der Waals surface area contributed by atoms with E-state index in [1.54, 1.807) is 38.2 Å². The van der Waals surface area contributed by atoms with Gasteiger partial charge in [0.1, 0.15) is 17.9 Å². The van der Waals surface area contributed by atoms with Crippen molar-refractivity contribution < 1.29 is 114 Å². The average molecular weight is 2210 g/mol. The summed E-state index contributed by atoms with van der Waals surface area (Å²) in [4.78, 5) is 86.2. The van der Waals surface area contributed by atoms with Crippen molar-refractivity contribution in [2.75, 3.05) is 130 Å². The van der Waals surface area contributed by atoms with Crippen LogP contribution in [0.4, 0.5) is 4.39 Å². The molecule has 5 aromatic rings. The second-order valence-corrected chi connectivity index (χ2v) is 52.1. The number of halogens is 2. The number of ether oxygens (including phenoxy) is 10. The normalized spacial score (nSPS) is 31.0. The molecule has 5 N–H and O–H groups in total.